The molecule has 0 saturated heterocycles. The van der Waals surface area contributed by atoms with E-state index >= 15 is 0 Å². The number of aliphatic hydroxyl groups excluding tert-OH is 2. The van der Waals surface area contributed by atoms with Crippen molar-refractivity contribution in [3.8, 4) is 0 Å². The van der Waals surface area contributed by atoms with Gasteiger partial charge in [-0.2, -0.15) is 0 Å². The van der Waals surface area contributed by atoms with E-state index in [1.807, 2.05) is 13.0 Å². The Balaban J connectivity index is 4.65. The molecule has 25 heavy (non-hydrogen) atoms. The Labute approximate surface area is 149 Å². The summed E-state index contributed by atoms with van der Waals surface area (Å²) in [6.45, 7) is 7.94. The molecule has 0 aromatic heterocycles. The molecule has 0 heterocycles. The van der Waals surface area contributed by atoms with Gasteiger partial charge in [0.15, 0.2) is 5.78 Å². The van der Waals surface area contributed by atoms with Gasteiger partial charge in [-0.05, 0) is 25.8 Å². The Morgan fingerprint density at radius 3 is 2.12 bits per heavy atom. The number of Topliss-reactive ketones (excluding diaryl/α,β-unsaturated/α-hetero) is 1. The molecule has 0 aliphatic heterocycles. The monoisotopic (exact) mass is 357 g/mol. The molecule has 3 N–H and O–H groups in total. The molecule has 0 saturated carbocycles. The number of carbonyl (C=O) groups is 3. The molecule has 1 amide bonds. The number of ketones is 1. The molecule has 0 unspecified atom stereocenters. The molecular formula is C18H31NO6. The molecule has 0 aliphatic rings. The lowest BCUT2D eigenvalue weighted by Crippen LogP contribution is -2.43. The van der Waals surface area contributed by atoms with Crippen LogP contribution >= 0.6 is 0 Å². The highest BCUT2D eigenvalue weighted by atomic mass is 16.5. The van der Waals surface area contributed by atoms with Crippen molar-refractivity contribution in [3.63, 3.8) is 0 Å². The molecule has 0 aliphatic carbocycles. The molecule has 5 atom stereocenters. The number of hydrogen-bond acceptors (Lipinski definition) is 6. The van der Waals surface area contributed by atoms with E-state index in [0.717, 1.165) is 6.42 Å². The largest absolute Gasteiger partial charge is 0.469 e. The Kier molecular flexibility index (Phi) is 10.2. The zero-order valence-electron chi connectivity index (χ0n) is 15.9. The van der Waals surface area contributed by atoms with Gasteiger partial charge in [0.05, 0.1) is 37.7 Å². The van der Waals surface area contributed by atoms with Crippen LogP contribution in [0.2, 0.25) is 0 Å². The lowest BCUT2D eigenvalue weighted by molar-refractivity contribution is -0.150. The minimum Gasteiger partial charge on any atom is -0.469 e. The molecule has 7 nitrogen and oxygen atoms in total. The highest BCUT2D eigenvalue weighted by Gasteiger charge is 2.32. The van der Waals surface area contributed by atoms with Crippen LogP contribution in [0.1, 0.15) is 41.0 Å². The van der Waals surface area contributed by atoms with Crippen molar-refractivity contribution in [2.75, 3.05) is 13.7 Å². The molecule has 0 rings (SSSR count). The highest BCUT2D eigenvalue weighted by Crippen LogP contribution is 2.16. The summed E-state index contributed by atoms with van der Waals surface area (Å²) < 4.78 is 4.55. The summed E-state index contributed by atoms with van der Waals surface area (Å²) in [7, 11) is 1.21. The first-order valence-corrected chi connectivity index (χ1v) is 8.49. The van der Waals surface area contributed by atoms with Crippen LogP contribution < -0.4 is 5.32 Å². The Hall–Kier alpha value is -1.73. The zero-order chi connectivity index (χ0) is 19.7. The van der Waals surface area contributed by atoms with Crippen LogP contribution in [0, 0.1) is 17.8 Å². The standard InChI is InChI=1S/C18H31NO6/c1-7-8-10(2)15(21)12(4)17(23)19-9-14(20)11(3)16(22)13(5)18(24)25-6/h8,11-13,15-16,21-22H,7,9H2,1-6H3,(H,19,23)/b10-8+/t11-,12-,13-,15-,16+/m1/s1. The van der Waals surface area contributed by atoms with Gasteiger partial charge in [0.2, 0.25) is 5.91 Å². The van der Waals surface area contributed by atoms with Gasteiger partial charge in [0.25, 0.3) is 0 Å². The molecule has 0 spiro atoms. The number of esters is 1. The van der Waals surface area contributed by atoms with Crippen molar-refractivity contribution in [3.05, 3.63) is 11.6 Å². The molecule has 0 aromatic rings. The second-order valence-corrected chi connectivity index (χ2v) is 6.37. The van der Waals surface area contributed by atoms with E-state index in [1.165, 1.54) is 21.0 Å². The summed E-state index contributed by atoms with van der Waals surface area (Å²) in [5, 5.41) is 22.7. The molecule has 0 radical (unpaired) electrons. The van der Waals surface area contributed by atoms with Gasteiger partial charge < -0.3 is 20.3 Å². The predicted octanol–water partition coefficient (Wildman–Crippen LogP) is 0.831. The number of methoxy groups -OCH3 is 1. The quantitative estimate of drug-likeness (QED) is 0.394. The predicted molar refractivity (Wildman–Crippen MR) is 93.6 cm³/mol. The fourth-order valence-corrected chi connectivity index (χ4v) is 2.43. The minimum atomic E-state index is -1.20. The van der Waals surface area contributed by atoms with Gasteiger partial charge in [0.1, 0.15) is 0 Å². The number of hydrogen-bond donors (Lipinski definition) is 3. The van der Waals surface area contributed by atoms with E-state index in [4.69, 9.17) is 0 Å². The van der Waals surface area contributed by atoms with Gasteiger partial charge in [-0.15, -0.1) is 0 Å². The van der Waals surface area contributed by atoms with Gasteiger partial charge in [-0.25, -0.2) is 0 Å². The summed E-state index contributed by atoms with van der Waals surface area (Å²) in [6.07, 6.45) is 0.474. The van der Waals surface area contributed by atoms with Crippen LogP contribution in [0.3, 0.4) is 0 Å². The van der Waals surface area contributed by atoms with E-state index in [9.17, 15) is 24.6 Å². The second kappa shape index (κ2) is 11.0. The zero-order valence-corrected chi connectivity index (χ0v) is 15.9. The Morgan fingerprint density at radius 1 is 1.08 bits per heavy atom. The van der Waals surface area contributed by atoms with Crippen molar-refractivity contribution in [2.24, 2.45) is 17.8 Å². The number of carbonyl (C=O) groups excluding carboxylic acids is 3. The summed E-state index contributed by atoms with van der Waals surface area (Å²) >= 11 is 0. The van der Waals surface area contributed by atoms with Crippen molar-refractivity contribution < 1.29 is 29.3 Å². The normalized spacial score (nSPS) is 17.8. The second-order valence-electron chi connectivity index (χ2n) is 6.37. The molecule has 7 heteroatoms. The summed E-state index contributed by atoms with van der Waals surface area (Å²) in [5.41, 5.74) is 0.701. The highest BCUT2D eigenvalue weighted by molar-refractivity contribution is 5.89. The third kappa shape index (κ3) is 6.96. The number of ether oxygens (including phenoxy) is 1. The maximum atomic E-state index is 12.1. The van der Waals surface area contributed by atoms with Gasteiger partial charge in [-0.3, -0.25) is 14.4 Å². The molecular weight excluding hydrogens is 326 g/mol. The number of rotatable bonds is 10. The molecule has 0 fully saturated rings. The van der Waals surface area contributed by atoms with E-state index in [1.54, 1.807) is 13.8 Å². The first kappa shape index (κ1) is 23.3. The number of nitrogens with one attached hydrogen (secondary N) is 1. The van der Waals surface area contributed by atoms with Gasteiger partial charge >= 0.3 is 5.97 Å². The lowest BCUT2D eigenvalue weighted by atomic mass is 9.90. The fraction of sp³-hybridized carbons (Fsp3) is 0.722. The van der Waals surface area contributed by atoms with Gasteiger partial charge in [0, 0.05) is 5.92 Å². The maximum absolute atomic E-state index is 12.1. The fourth-order valence-electron chi connectivity index (χ4n) is 2.43. The van der Waals surface area contributed by atoms with Crippen molar-refractivity contribution >= 4 is 17.7 Å². The van der Waals surface area contributed by atoms with Crippen LogP contribution in [0.5, 0.6) is 0 Å². The smallest absolute Gasteiger partial charge is 0.311 e. The lowest BCUT2D eigenvalue weighted by Gasteiger charge is -2.23. The van der Waals surface area contributed by atoms with Crippen LogP contribution in [0.4, 0.5) is 0 Å². The van der Waals surface area contributed by atoms with Crippen LogP contribution in [-0.4, -0.2) is 53.7 Å². The average molecular weight is 357 g/mol. The molecule has 144 valence electrons. The minimum absolute atomic E-state index is 0.279. The van der Waals surface area contributed by atoms with E-state index in [-0.39, 0.29) is 6.54 Å². The third-order valence-corrected chi connectivity index (χ3v) is 4.42. The number of amides is 1. The van der Waals surface area contributed by atoms with Crippen LogP contribution in [-0.2, 0) is 19.1 Å². The van der Waals surface area contributed by atoms with Crippen molar-refractivity contribution in [1.29, 1.82) is 0 Å². The Bertz CT molecular complexity index is 502. The van der Waals surface area contributed by atoms with E-state index in [2.05, 4.69) is 10.1 Å². The maximum Gasteiger partial charge on any atom is 0.311 e. The van der Waals surface area contributed by atoms with E-state index < -0.39 is 47.6 Å². The SMILES string of the molecule is CC/C=C(\C)[C@@H](O)[C@@H](C)C(=O)NCC(=O)[C@@H](C)[C@H](O)[C@@H](C)C(=O)OC. The topological polar surface area (TPSA) is 113 Å². The summed E-state index contributed by atoms with van der Waals surface area (Å²) in [6, 6.07) is 0. The third-order valence-electron chi connectivity index (χ3n) is 4.42. The van der Waals surface area contributed by atoms with E-state index in [0.29, 0.717) is 5.57 Å². The van der Waals surface area contributed by atoms with Crippen molar-refractivity contribution in [2.45, 2.75) is 53.2 Å². The van der Waals surface area contributed by atoms with Crippen LogP contribution in [0.25, 0.3) is 0 Å². The van der Waals surface area contributed by atoms with Gasteiger partial charge in [-0.1, -0.05) is 26.8 Å². The molecule has 0 aromatic carbocycles. The van der Waals surface area contributed by atoms with Crippen LogP contribution in [0.15, 0.2) is 11.6 Å². The Morgan fingerprint density at radius 2 is 1.64 bits per heavy atom. The first-order chi connectivity index (χ1) is 11.6. The summed E-state index contributed by atoms with van der Waals surface area (Å²) in [5.74, 6) is -3.85. The number of aliphatic hydroxyl groups is 2. The number of allylic oxidation sites excluding steroid dienone is 1. The summed E-state index contributed by atoms with van der Waals surface area (Å²) in [4.78, 5) is 35.7. The average Bonchev–Trinajstić information content (AvgIpc) is 2.61. The van der Waals surface area contributed by atoms with Crippen molar-refractivity contribution in [1.82, 2.24) is 5.32 Å². The first-order valence-electron chi connectivity index (χ1n) is 8.49. The molecule has 0 bridgehead atoms.